The second-order valence-electron chi connectivity index (χ2n) is 17.4. The lowest BCUT2D eigenvalue weighted by Crippen LogP contribution is -2.48. The zero-order valence-electron chi connectivity index (χ0n) is 37.4. The zero-order chi connectivity index (χ0) is 40.4. The number of ether oxygens (including phenoxy) is 4. The van der Waals surface area contributed by atoms with E-state index in [0.717, 1.165) is 82.0 Å². The summed E-state index contributed by atoms with van der Waals surface area (Å²) in [5.74, 6) is 1.55. The van der Waals surface area contributed by atoms with Crippen LogP contribution in [0.4, 0.5) is 0 Å². The molecule has 0 aromatic heterocycles. The molecular formula is C45H88O7Si2. The van der Waals surface area contributed by atoms with Gasteiger partial charge in [0.2, 0.25) is 0 Å². The molecule has 0 aliphatic carbocycles. The molecule has 0 atom stereocenters. The minimum Gasteiger partial charge on any atom is -0.493 e. The molecule has 0 spiro atoms. The van der Waals surface area contributed by atoms with Gasteiger partial charge >= 0.3 is 0 Å². The predicted octanol–water partition coefficient (Wildman–Crippen LogP) is 13.0. The molecule has 7 nitrogen and oxygen atoms in total. The molecule has 0 unspecified atom stereocenters. The first kappa shape index (κ1) is 51.1. The van der Waals surface area contributed by atoms with Gasteiger partial charge in [-0.2, -0.15) is 0 Å². The van der Waals surface area contributed by atoms with Gasteiger partial charge in [-0.3, -0.25) is 0 Å². The van der Waals surface area contributed by atoms with Gasteiger partial charge in [0.05, 0.1) is 46.2 Å². The van der Waals surface area contributed by atoms with Gasteiger partial charge in [-0.05, 0) is 71.1 Å². The SMILES string of the molecule is CC(C)[Si](OCCOCCCCCCCCOc1ccc(CO)c(OCCCCCCCCOCCO[Si](C(C)C)(C(C)C)C(C)C)c1)(C(C)C)C(C)C. The second-order valence-corrected chi connectivity index (χ2v) is 28.3. The normalized spacial score (nSPS) is 12.8. The minimum absolute atomic E-state index is 0.0325. The molecule has 9 heteroatoms. The Bertz CT molecular complexity index is 1000. The van der Waals surface area contributed by atoms with Crippen LogP contribution >= 0.6 is 0 Å². The van der Waals surface area contributed by atoms with Gasteiger partial charge in [0.15, 0.2) is 16.6 Å². The van der Waals surface area contributed by atoms with Crippen molar-refractivity contribution in [3.8, 4) is 11.5 Å². The Labute approximate surface area is 336 Å². The number of hydrogen-bond donors (Lipinski definition) is 1. The Balaban J connectivity index is 2.12. The van der Waals surface area contributed by atoms with E-state index in [9.17, 15) is 5.11 Å². The van der Waals surface area contributed by atoms with Crippen LogP contribution in [0.2, 0.25) is 33.2 Å². The van der Waals surface area contributed by atoms with Crippen LogP contribution in [-0.4, -0.2) is 74.6 Å². The van der Waals surface area contributed by atoms with Crippen molar-refractivity contribution in [3.05, 3.63) is 23.8 Å². The molecule has 0 saturated heterocycles. The molecule has 318 valence electrons. The van der Waals surface area contributed by atoms with Gasteiger partial charge in [0.25, 0.3) is 0 Å². The van der Waals surface area contributed by atoms with Crippen molar-refractivity contribution in [1.29, 1.82) is 0 Å². The third kappa shape index (κ3) is 18.1. The minimum atomic E-state index is -1.79. The number of unbranched alkanes of at least 4 members (excludes halogenated alkanes) is 10. The molecule has 0 heterocycles. The summed E-state index contributed by atoms with van der Waals surface area (Å²) in [6, 6.07) is 5.80. The fourth-order valence-corrected chi connectivity index (χ4v) is 19.9. The summed E-state index contributed by atoms with van der Waals surface area (Å²) < 4.78 is 37.2. The lowest BCUT2D eigenvalue weighted by molar-refractivity contribution is 0.0909. The average Bonchev–Trinajstić information content (AvgIpc) is 3.11. The Morgan fingerprint density at radius 2 is 0.778 bits per heavy atom. The number of rotatable bonds is 35. The highest BCUT2D eigenvalue weighted by molar-refractivity contribution is 6.78. The van der Waals surface area contributed by atoms with Crippen LogP contribution in [0.5, 0.6) is 11.5 Å². The highest BCUT2D eigenvalue weighted by Gasteiger charge is 2.45. The van der Waals surface area contributed by atoms with Crippen LogP contribution in [0.15, 0.2) is 18.2 Å². The van der Waals surface area contributed by atoms with Crippen molar-refractivity contribution in [1.82, 2.24) is 0 Å². The van der Waals surface area contributed by atoms with Crippen LogP contribution in [-0.2, 0) is 24.9 Å². The Morgan fingerprint density at radius 1 is 0.426 bits per heavy atom. The predicted molar refractivity (Wildman–Crippen MR) is 234 cm³/mol. The molecule has 54 heavy (non-hydrogen) atoms. The third-order valence-electron chi connectivity index (χ3n) is 11.7. The molecule has 0 amide bonds. The maximum Gasteiger partial charge on any atom is 0.200 e. The van der Waals surface area contributed by atoms with E-state index in [1.54, 1.807) is 0 Å². The van der Waals surface area contributed by atoms with Crippen LogP contribution in [0.1, 0.15) is 166 Å². The molecule has 0 bridgehead atoms. The molecule has 0 saturated carbocycles. The molecule has 1 aromatic rings. The summed E-state index contributed by atoms with van der Waals surface area (Å²) in [6.07, 6.45) is 13.8. The lowest BCUT2D eigenvalue weighted by atomic mass is 10.1. The van der Waals surface area contributed by atoms with E-state index in [2.05, 4.69) is 83.1 Å². The molecule has 1 rings (SSSR count). The van der Waals surface area contributed by atoms with Gasteiger partial charge in [-0.25, -0.2) is 0 Å². The molecular weight excluding hydrogens is 709 g/mol. The van der Waals surface area contributed by atoms with E-state index in [1.165, 1.54) is 38.5 Å². The smallest absolute Gasteiger partial charge is 0.200 e. The summed E-state index contributed by atoms with van der Waals surface area (Å²) in [7, 11) is -3.58. The fourth-order valence-electron chi connectivity index (χ4n) is 9.05. The Morgan fingerprint density at radius 3 is 1.15 bits per heavy atom. The molecule has 0 aliphatic heterocycles. The molecule has 0 fully saturated rings. The monoisotopic (exact) mass is 797 g/mol. The molecule has 1 N–H and O–H groups in total. The van der Waals surface area contributed by atoms with Crippen molar-refractivity contribution < 1.29 is 32.9 Å². The number of aliphatic hydroxyl groups excluding tert-OH is 1. The van der Waals surface area contributed by atoms with Crippen LogP contribution < -0.4 is 9.47 Å². The topological polar surface area (TPSA) is 75.6 Å². The van der Waals surface area contributed by atoms with Crippen molar-refractivity contribution in [2.75, 3.05) is 52.9 Å². The first-order valence-electron chi connectivity index (χ1n) is 22.2. The summed E-state index contributed by atoms with van der Waals surface area (Å²) in [4.78, 5) is 0. The summed E-state index contributed by atoms with van der Waals surface area (Å²) >= 11 is 0. The van der Waals surface area contributed by atoms with E-state index < -0.39 is 16.6 Å². The summed E-state index contributed by atoms with van der Waals surface area (Å²) in [6.45, 7) is 33.8. The zero-order valence-corrected chi connectivity index (χ0v) is 39.4. The van der Waals surface area contributed by atoms with Crippen LogP contribution in [0.25, 0.3) is 0 Å². The van der Waals surface area contributed by atoms with Gasteiger partial charge in [0.1, 0.15) is 11.5 Å². The van der Waals surface area contributed by atoms with E-state index in [4.69, 9.17) is 27.8 Å². The van der Waals surface area contributed by atoms with E-state index >= 15 is 0 Å². The van der Waals surface area contributed by atoms with Gasteiger partial charge < -0.3 is 32.9 Å². The molecule has 0 aliphatic rings. The first-order chi connectivity index (χ1) is 25.8. The number of hydrogen-bond acceptors (Lipinski definition) is 7. The highest BCUT2D eigenvalue weighted by atomic mass is 28.4. The third-order valence-corrected chi connectivity index (χ3v) is 23.9. The number of aliphatic hydroxyl groups is 1. The van der Waals surface area contributed by atoms with Crippen LogP contribution in [0, 0.1) is 0 Å². The first-order valence-corrected chi connectivity index (χ1v) is 26.5. The van der Waals surface area contributed by atoms with Crippen molar-refractivity contribution in [2.24, 2.45) is 0 Å². The van der Waals surface area contributed by atoms with Crippen molar-refractivity contribution >= 4 is 16.6 Å². The van der Waals surface area contributed by atoms with Gasteiger partial charge in [0, 0.05) is 24.8 Å². The standard InChI is InChI=1S/C45H88O7Si2/c1-37(2)53(38(3)4,39(5)6)51-33-31-47-27-21-17-13-15-19-23-29-49-44-26-25-43(36-46)45(35-44)50-30-24-20-16-14-18-22-28-48-32-34-52-54(40(7)8,41(9)10)42(11)12/h25-26,35,37-42,46H,13-24,27-34,36H2,1-12H3. The summed E-state index contributed by atoms with van der Waals surface area (Å²) in [5.41, 5.74) is 4.49. The van der Waals surface area contributed by atoms with Crippen LogP contribution in [0.3, 0.4) is 0 Å². The fraction of sp³-hybridized carbons (Fsp3) is 0.867. The summed E-state index contributed by atoms with van der Waals surface area (Å²) in [5, 5.41) is 9.83. The average molecular weight is 797 g/mol. The van der Waals surface area contributed by atoms with E-state index in [-0.39, 0.29) is 6.61 Å². The quantitative estimate of drug-likeness (QED) is 0.0541. The van der Waals surface area contributed by atoms with Gasteiger partial charge in [-0.1, -0.05) is 134 Å². The number of benzene rings is 1. The molecule has 0 radical (unpaired) electrons. The van der Waals surface area contributed by atoms with E-state index in [1.807, 2.05) is 18.2 Å². The Kier molecular flexibility index (Phi) is 27.7. The molecule has 1 aromatic carbocycles. The van der Waals surface area contributed by atoms with Crippen molar-refractivity contribution in [3.63, 3.8) is 0 Å². The largest absolute Gasteiger partial charge is 0.493 e. The highest BCUT2D eigenvalue weighted by Crippen LogP contribution is 2.43. The van der Waals surface area contributed by atoms with Crippen molar-refractivity contribution in [2.45, 2.75) is 200 Å². The maximum atomic E-state index is 9.83. The van der Waals surface area contributed by atoms with Gasteiger partial charge in [-0.15, -0.1) is 0 Å². The Hall–Kier alpha value is -0.946. The maximum absolute atomic E-state index is 9.83. The second kappa shape index (κ2) is 29.3. The van der Waals surface area contributed by atoms with E-state index in [0.29, 0.717) is 59.7 Å². The lowest BCUT2D eigenvalue weighted by Gasteiger charge is -2.42.